The summed E-state index contributed by atoms with van der Waals surface area (Å²) in [4.78, 5) is 2.40. The summed E-state index contributed by atoms with van der Waals surface area (Å²) < 4.78 is 0. The van der Waals surface area contributed by atoms with Crippen LogP contribution in [0.5, 0.6) is 0 Å². The van der Waals surface area contributed by atoms with E-state index in [0.717, 1.165) is 26.1 Å². The summed E-state index contributed by atoms with van der Waals surface area (Å²) in [5.41, 5.74) is 5.85. The Morgan fingerprint density at radius 3 is 2.36 bits per heavy atom. The molecule has 3 N–H and O–H groups in total. The molecule has 1 fully saturated rings. The first-order valence-corrected chi connectivity index (χ1v) is 5.34. The molecular weight excluding hydrogens is 178 g/mol. The minimum atomic E-state index is 0.308. The van der Waals surface area contributed by atoms with Crippen LogP contribution in [0.15, 0.2) is 5.16 Å². The van der Waals surface area contributed by atoms with E-state index in [9.17, 15) is 0 Å². The van der Waals surface area contributed by atoms with Gasteiger partial charge in [0.1, 0.15) is 5.84 Å². The molecule has 4 heteroatoms. The maximum absolute atomic E-state index is 8.52. The molecule has 4 nitrogen and oxygen atoms in total. The fraction of sp³-hybridized carbons (Fsp3) is 0.900. The van der Waals surface area contributed by atoms with E-state index in [1.165, 1.54) is 12.8 Å². The van der Waals surface area contributed by atoms with Crippen LogP contribution in [-0.4, -0.2) is 35.6 Å². The average Bonchev–Trinajstić information content (AvgIpc) is 2.94. The number of rotatable bonds is 6. The first-order valence-electron chi connectivity index (χ1n) is 5.34. The molecule has 0 aromatic heterocycles. The Morgan fingerprint density at radius 2 is 2.00 bits per heavy atom. The minimum absolute atomic E-state index is 0.308. The Balaban J connectivity index is 2.42. The molecule has 14 heavy (non-hydrogen) atoms. The Morgan fingerprint density at radius 1 is 1.43 bits per heavy atom. The number of nitrogens with two attached hydrogens (primary N) is 1. The van der Waals surface area contributed by atoms with Crippen LogP contribution in [-0.2, 0) is 0 Å². The fourth-order valence-corrected chi connectivity index (χ4v) is 1.91. The van der Waals surface area contributed by atoms with E-state index in [4.69, 9.17) is 10.9 Å². The lowest BCUT2D eigenvalue weighted by Crippen LogP contribution is -2.32. The zero-order chi connectivity index (χ0) is 10.6. The first-order chi connectivity index (χ1) is 6.65. The van der Waals surface area contributed by atoms with Crippen molar-refractivity contribution in [3.05, 3.63) is 0 Å². The van der Waals surface area contributed by atoms with Gasteiger partial charge in [0.25, 0.3) is 0 Å². The lowest BCUT2D eigenvalue weighted by molar-refractivity contribution is 0.241. The van der Waals surface area contributed by atoms with E-state index in [-0.39, 0.29) is 0 Å². The molecule has 1 rings (SSSR count). The molecule has 0 heterocycles. The monoisotopic (exact) mass is 199 g/mol. The SMILES string of the molecule is CCN(CC)CC1(CC(N)=NO)CC1. The van der Waals surface area contributed by atoms with Crippen molar-refractivity contribution in [3.63, 3.8) is 0 Å². The van der Waals surface area contributed by atoms with Crippen LogP contribution in [0, 0.1) is 5.41 Å². The third-order valence-corrected chi connectivity index (χ3v) is 3.10. The summed E-state index contributed by atoms with van der Waals surface area (Å²) in [6.07, 6.45) is 3.15. The number of nitrogens with zero attached hydrogens (tertiary/aromatic N) is 2. The fourth-order valence-electron chi connectivity index (χ4n) is 1.91. The second-order valence-corrected chi connectivity index (χ2v) is 4.23. The quantitative estimate of drug-likeness (QED) is 0.293. The highest BCUT2D eigenvalue weighted by Crippen LogP contribution is 2.49. The molecular formula is C10H21N3O. The van der Waals surface area contributed by atoms with Gasteiger partial charge in [-0.3, -0.25) is 0 Å². The molecule has 0 spiro atoms. The molecule has 1 aliphatic rings. The topological polar surface area (TPSA) is 61.8 Å². The molecule has 1 aliphatic carbocycles. The number of hydrogen-bond donors (Lipinski definition) is 2. The largest absolute Gasteiger partial charge is 0.409 e. The summed E-state index contributed by atoms with van der Waals surface area (Å²) in [6.45, 7) is 7.57. The van der Waals surface area contributed by atoms with Crippen LogP contribution in [0.25, 0.3) is 0 Å². The van der Waals surface area contributed by atoms with Gasteiger partial charge in [-0.05, 0) is 31.3 Å². The van der Waals surface area contributed by atoms with E-state index in [1.807, 2.05) is 0 Å². The van der Waals surface area contributed by atoms with Gasteiger partial charge in [0, 0.05) is 13.0 Å². The number of hydrogen-bond acceptors (Lipinski definition) is 3. The molecule has 0 atom stereocenters. The predicted molar refractivity (Wildman–Crippen MR) is 57.5 cm³/mol. The maximum atomic E-state index is 8.52. The van der Waals surface area contributed by atoms with E-state index >= 15 is 0 Å². The van der Waals surface area contributed by atoms with Crippen molar-refractivity contribution in [2.45, 2.75) is 33.1 Å². The van der Waals surface area contributed by atoms with Crippen molar-refractivity contribution in [2.24, 2.45) is 16.3 Å². The minimum Gasteiger partial charge on any atom is -0.409 e. The molecule has 0 bridgehead atoms. The first kappa shape index (κ1) is 11.3. The highest BCUT2D eigenvalue weighted by Gasteiger charge is 2.44. The molecule has 0 amide bonds. The Hall–Kier alpha value is -0.770. The molecule has 0 aromatic carbocycles. The average molecular weight is 199 g/mol. The van der Waals surface area contributed by atoms with Crippen molar-refractivity contribution in [1.29, 1.82) is 0 Å². The van der Waals surface area contributed by atoms with Crippen LogP contribution >= 0.6 is 0 Å². The summed E-state index contributed by atoms with van der Waals surface area (Å²) in [6, 6.07) is 0. The zero-order valence-corrected chi connectivity index (χ0v) is 9.16. The Kier molecular flexibility index (Phi) is 3.75. The normalized spacial score (nSPS) is 20.1. The van der Waals surface area contributed by atoms with Gasteiger partial charge in [0.2, 0.25) is 0 Å². The molecule has 0 radical (unpaired) electrons. The molecule has 0 saturated heterocycles. The summed E-state index contributed by atoms with van der Waals surface area (Å²) in [5.74, 6) is 0.370. The third-order valence-electron chi connectivity index (χ3n) is 3.10. The smallest absolute Gasteiger partial charge is 0.139 e. The summed E-state index contributed by atoms with van der Waals surface area (Å²) >= 11 is 0. The van der Waals surface area contributed by atoms with Crippen LogP contribution < -0.4 is 5.73 Å². The van der Waals surface area contributed by atoms with Gasteiger partial charge in [-0.1, -0.05) is 19.0 Å². The highest BCUT2D eigenvalue weighted by atomic mass is 16.4. The lowest BCUT2D eigenvalue weighted by atomic mass is 10.0. The van der Waals surface area contributed by atoms with Gasteiger partial charge in [0.05, 0.1) is 0 Å². The van der Waals surface area contributed by atoms with Crippen molar-refractivity contribution in [2.75, 3.05) is 19.6 Å². The maximum Gasteiger partial charge on any atom is 0.139 e. The van der Waals surface area contributed by atoms with Crippen LogP contribution in [0.1, 0.15) is 33.1 Å². The van der Waals surface area contributed by atoms with Gasteiger partial charge >= 0.3 is 0 Å². The number of oxime groups is 1. The van der Waals surface area contributed by atoms with Crippen molar-refractivity contribution < 1.29 is 5.21 Å². The molecule has 1 saturated carbocycles. The third kappa shape index (κ3) is 2.87. The van der Waals surface area contributed by atoms with Crippen molar-refractivity contribution >= 4 is 5.84 Å². The summed E-state index contributed by atoms with van der Waals surface area (Å²) in [7, 11) is 0. The molecule has 0 unspecified atom stereocenters. The van der Waals surface area contributed by atoms with E-state index in [2.05, 4.69) is 23.9 Å². The number of amidine groups is 1. The van der Waals surface area contributed by atoms with Gasteiger partial charge in [-0.25, -0.2) is 0 Å². The molecule has 82 valence electrons. The highest BCUT2D eigenvalue weighted by molar-refractivity contribution is 5.80. The summed E-state index contributed by atoms with van der Waals surface area (Å²) in [5, 5.41) is 11.6. The van der Waals surface area contributed by atoms with E-state index in [1.54, 1.807) is 0 Å². The van der Waals surface area contributed by atoms with Crippen LogP contribution in [0.2, 0.25) is 0 Å². The van der Waals surface area contributed by atoms with Gasteiger partial charge in [-0.2, -0.15) is 0 Å². The molecule has 0 aromatic rings. The zero-order valence-electron chi connectivity index (χ0n) is 9.16. The van der Waals surface area contributed by atoms with Gasteiger partial charge in [-0.15, -0.1) is 0 Å². The Labute approximate surface area is 85.8 Å². The van der Waals surface area contributed by atoms with Crippen LogP contribution in [0.4, 0.5) is 0 Å². The second-order valence-electron chi connectivity index (χ2n) is 4.23. The van der Waals surface area contributed by atoms with Gasteiger partial charge < -0.3 is 15.8 Å². The lowest BCUT2D eigenvalue weighted by Gasteiger charge is -2.24. The predicted octanol–water partition coefficient (Wildman–Crippen LogP) is 1.24. The van der Waals surface area contributed by atoms with Crippen LogP contribution in [0.3, 0.4) is 0 Å². The van der Waals surface area contributed by atoms with Crippen molar-refractivity contribution in [1.82, 2.24) is 4.90 Å². The van der Waals surface area contributed by atoms with Crippen molar-refractivity contribution in [3.8, 4) is 0 Å². The van der Waals surface area contributed by atoms with E-state index < -0.39 is 0 Å². The van der Waals surface area contributed by atoms with E-state index in [0.29, 0.717) is 11.3 Å². The standard InChI is InChI=1S/C10H21N3O/c1-3-13(4-2)8-10(5-6-10)7-9(11)12-14/h14H,3-8H2,1-2H3,(H2,11,12). The molecule has 0 aliphatic heterocycles. The van der Waals surface area contributed by atoms with Gasteiger partial charge in [0.15, 0.2) is 0 Å². The second kappa shape index (κ2) is 4.64. The Bertz CT molecular complexity index is 207.